The Bertz CT molecular complexity index is 402. The largest absolute Gasteiger partial charge is 0.313 e. The Morgan fingerprint density at radius 1 is 1.10 bits per heavy atom. The van der Waals surface area contributed by atoms with E-state index in [-0.39, 0.29) is 5.82 Å². The summed E-state index contributed by atoms with van der Waals surface area (Å²) in [6, 6.07) is 5.38. The van der Waals surface area contributed by atoms with Crippen molar-refractivity contribution in [2.45, 2.75) is 65.3 Å². The third-order valence-electron chi connectivity index (χ3n) is 4.00. The molecule has 1 atom stereocenters. The maximum Gasteiger partial charge on any atom is 0.127 e. The van der Waals surface area contributed by atoms with Crippen LogP contribution in [0, 0.1) is 11.7 Å². The lowest BCUT2D eigenvalue weighted by atomic mass is 9.86. The summed E-state index contributed by atoms with van der Waals surface area (Å²) in [6.45, 7) is 7.61. The molecule has 1 aromatic carbocycles. The first-order chi connectivity index (χ1) is 10.1. The van der Waals surface area contributed by atoms with Gasteiger partial charge in [-0.05, 0) is 55.8 Å². The molecule has 1 nitrogen and oxygen atoms in total. The smallest absolute Gasteiger partial charge is 0.127 e. The van der Waals surface area contributed by atoms with E-state index >= 15 is 0 Å². The highest BCUT2D eigenvalue weighted by Gasteiger charge is 2.21. The third-order valence-corrected chi connectivity index (χ3v) is 4.23. The van der Waals surface area contributed by atoms with E-state index in [4.69, 9.17) is 11.6 Å². The van der Waals surface area contributed by atoms with Crippen molar-refractivity contribution in [3.05, 3.63) is 34.6 Å². The fraction of sp³-hybridized carbons (Fsp3) is 0.667. The first-order valence-corrected chi connectivity index (χ1v) is 8.67. The molecule has 0 saturated carbocycles. The van der Waals surface area contributed by atoms with E-state index in [1.807, 2.05) is 6.07 Å². The summed E-state index contributed by atoms with van der Waals surface area (Å²) in [4.78, 5) is 0. The Labute approximate surface area is 134 Å². The Balaban J connectivity index is 2.84. The molecule has 1 rings (SSSR count). The van der Waals surface area contributed by atoms with Gasteiger partial charge in [-0.25, -0.2) is 4.39 Å². The first-order valence-electron chi connectivity index (χ1n) is 8.29. The second-order valence-corrected chi connectivity index (χ2v) is 6.27. The van der Waals surface area contributed by atoms with E-state index < -0.39 is 0 Å². The normalized spacial score (nSPS) is 12.9. The summed E-state index contributed by atoms with van der Waals surface area (Å²) in [5.74, 6) is 0.430. The molecule has 0 saturated heterocycles. The molecule has 1 unspecified atom stereocenters. The van der Waals surface area contributed by atoms with Gasteiger partial charge in [-0.15, -0.1) is 0 Å². The van der Waals surface area contributed by atoms with Crippen LogP contribution in [-0.4, -0.2) is 12.6 Å². The summed E-state index contributed by atoms with van der Waals surface area (Å²) in [5.41, 5.74) is 0.769. The number of rotatable bonds is 10. The van der Waals surface area contributed by atoms with Crippen LogP contribution in [0.15, 0.2) is 18.2 Å². The molecule has 0 aliphatic heterocycles. The molecule has 0 heterocycles. The van der Waals surface area contributed by atoms with Gasteiger partial charge in [0.25, 0.3) is 0 Å². The van der Waals surface area contributed by atoms with E-state index in [0.29, 0.717) is 17.0 Å². The molecular formula is C18H29ClFN. The molecule has 0 fully saturated rings. The minimum Gasteiger partial charge on any atom is -0.313 e. The third kappa shape index (κ3) is 6.36. The second kappa shape index (κ2) is 10.2. The monoisotopic (exact) mass is 313 g/mol. The van der Waals surface area contributed by atoms with Gasteiger partial charge >= 0.3 is 0 Å². The van der Waals surface area contributed by atoms with E-state index in [0.717, 1.165) is 24.9 Å². The molecule has 1 aromatic rings. The van der Waals surface area contributed by atoms with Crippen molar-refractivity contribution < 1.29 is 4.39 Å². The molecule has 0 aliphatic carbocycles. The zero-order chi connectivity index (χ0) is 15.7. The van der Waals surface area contributed by atoms with Crippen LogP contribution in [0.4, 0.5) is 4.39 Å². The van der Waals surface area contributed by atoms with Gasteiger partial charge in [-0.1, -0.05) is 51.3 Å². The topological polar surface area (TPSA) is 12.0 Å². The highest BCUT2D eigenvalue weighted by Crippen LogP contribution is 2.23. The van der Waals surface area contributed by atoms with E-state index in [1.54, 1.807) is 6.07 Å². The van der Waals surface area contributed by atoms with Gasteiger partial charge in [0.2, 0.25) is 0 Å². The van der Waals surface area contributed by atoms with Gasteiger partial charge in [0.15, 0.2) is 0 Å². The van der Waals surface area contributed by atoms with E-state index in [2.05, 4.69) is 26.1 Å². The average molecular weight is 314 g/mol. The quantitative estimate of drug-likeness (QED) is 0.592. The summed E-state index contributed by atoms with van der Waals surface area (Å²) in [7, 11) is 0. The van der Waals surface area contributed by atoms with Crippen molar-refractivity contribution in [3.63, 3.8) is 0 Å². The average Bonchev–Trinajstić information content (AvgIpc) is 2.45. The molecule has 1 N–H and O–H groups in total. The van der Waals surface area contributed by atoms with Gasteiger partial charge in [0.05, 0.1) is 0 Å². The van der Waals surface area contributed by atoms with Gasteiger partial charge in [-0.3, -0.25) is 0 Å². The minimum absolute atomic E-state index is 0.183. The Hall–Kier alpha value is -0.600. The summed E-state index contributed by atoms with van der Waals surface area (Å²) >= 11 is 5.84. The van der Waals surface area contributed by atoms with Gasteiger partial charge in [-0.2, -0.15) is 0 Å². The predicted octanol–water partition coefficient (Wildman–Crippen LogP) is 5.61. The fourth-order valence-electron chi connectivity index (χ4n) is 2.95. The molecule has 0 amide bonds. The zero-order valence-corrected chi connectivity index (χ0v) is 14.3. The zero-order valence-electron chi connectivity index (χ0n) is 13.6. The number of benzene rings is 1. The number of hydrogen-bond donors (Lipinski definition) is 1. The van der Waals surface area contributed by atoms with Gasteiger partial charge in [0.1, 0.15) is 5.82 Å². The van der Waals surface area contributed by atoms with Crippen molar-refractivity contribution in [1.29, 1.82) is 0 Å². The maximum atomic E-state index is 14.1. The van der Waals surface area contributed by atoms with Crippen molar-refractivity contribution in [1.82, 2.24) is 5.32 Å². The van der Waals surface area contributed by atoms with Crippen molar-refractivity contribution in [2.24, 2.45) is 5.92 Å². The highest BCUT2D eigenvalue weighted by atomic mass is 35.5. The highest BCUT2D eigenvalue weighted by molar-refractivity contribution is 6.30. The van der Waals surface area contributed by atoms with Crippen LogP contribution in [0.1, 0.15) is 58.4 Å². The second-order valence-electron chi connectivity index (χ2n) is 5.84. The predicted molar refractivity (Wildman–Crippen MR) is 90.5 cm³/mol. The van der Waals surface area contributed by atoms with E-state index in [1.165, 1.54) is 31.7 Å². The number of hydrogen-bond acceptors (Lipinski definition) is 1. The van der Waals surface area contributed by atoms with Crippen molar-refractivity contribution in [3.8, 4) is 0 Å². The molecule has 0 aliphatic rings. The standard InChI is InChI=1S/C18H29ClFN/c1-4-7-14(8-5-2)18(21-11-6-3)12-15-9-10-16(19)13-17(15)20/h9-10,13-14,18,21H,4-8,11-12H2,1-3H3. The molecule has 0 aromatic heterocycles. The van der Waals surface area contributed by atoms with Crippen LogP contribution in [0.3, 0.4) is 0 Å². The van der Waals surface area contributed by atoms with Crippen LogP contribution >= 0.6 is 11.6 Å². The van der Waals surface area contributed by atoms with Crippen molar-refractivity contribution in [2.75, 3.05) is 6.54 Å². The van der Waals surface area contributed by atoms with Crippen molar-refractivity contribution >= 4 is 11.6 Å². The van der Waals surface area contributed by atoms with Gasteiger partial charge in [0, 0.05) is 11.1 Å². The van der Waals surface area contributed by atoms with Crippen LogP contribution < -0.4 is 5.32 Å². The Morgan fingerprint density at radius 2 is 1.76 bits per heavy atom. The summed E-state index contributed by atoms with van der Waals surface area (Å²) < 4.78 is 14.1. The molecule has 0 spiro atoms. The van der Waals surface area contributed by atoms with Crippen LogP contribution in [0.25, 0.3) is 0 Å². The van der Waals surface area contributed by atoms with Crippen LogP contribution in [0.5, 0.6) is 0 Å². The maximum absolute atomic E-state index is 14.1. The minimum atomic E-state index is -0.183. The number of nitrogens with one attached hydrogen (secondary N) is 1. The summed E-state index contributed by atoms with van der Waals surface area (Å²) in [6.07, 6.45) is 6.60. The molecule has 0 bridgehead atoms. The molecule has 120 valence electrons. The van der Waals surface area contributed by atoms with Gasteiger partial charge < -0.3 is 5.32 Å². The molecule has 0 radical (unpaired) electrons. The SMILES string of the molecule is CCCNC(Cc1ccc(Cl)cc1F)C(CCC)CCC. The Kier molecular flexibility index (Phi) is 8.94. The number of halogens is 2. The molecule has 3 heteroatoms. The van der Waals surface area contributed by atoms with E-state index in [9.17, 15) is 4.39 Å². The Morgan fingerprint density at radius 3 is 2.29 bits per heavy atom. The van der Waals surface area contributed by atoms with Crippen LogP contribution in [-0.2, 0) is 6.42 Å². The first kappa shape index (κ1) is 18.4. The van der Waals surface area contributed by atoms with Crippen LogP contribution in [0.2, 0.25) is 5.02 Å². The molecule has 21 heavy (non-hydrogen) atoms. The lowest BCUT2D eigenvalue weighted by molar-refractivity contribution is 0.306. The molecular weight excluding hydrogens is 285 g/mol. The fourth-order valence-corrected chi connectivity index (χ4v) is 3.11. The summed E-state index contributed by atoms with van der Waals surface area (Å²) in [5, 5.41) is 4.10. The lowest BCUT2D eigenvalue weighted by Crippen LogP contribution is -2.38. The lowest BCUT2D eigenvalue weighted by Gasteiger charge is -2.28.